The van der Waals surface area contributed by atoms with Crippen molar-refractivity contribution >= 4 is 10.2 Å². The Morgan fingerprint density at radius 1 is 1.50 bits per heavy atom. The third-order valence-electron chi connectivity index (χ3n) is 3.21. The molecule has 106 valence electrons. The second-order valence-electron chi connectivity index (χ2n) is 4.60. The number of piperidine rings is 1. The lowest BCUT2D eigenvalue weighted by Crippen LogP contribution is -2.52. The van der Waals surface area contributed by atoms with E-state index in [0.717, 1.165) is 25.7 Å². The smallest absolute Gasteiger partial charge is 0.282 e. The Hall–Kier alpha value is -0.430. The third-order valence-corrected chi connectivity index (χ3v) is 5.27. The topological polar surface area (TPSA) is 60.9 Å². The van der Waals surface area contributed by atoms with Gasteiger partial charge in [-0.25, -0.2) is 0 Å². The molecule has 0 radical (unpaired) electrons. The molecule has 1 atom stereocenters. The van der Waals surface area contributed by atoms with Crippen LogP contribution in [0.3, 0.4) is 0 Å². The molecule has 1 aliphatic heterocycles. The maximum atomic E-state index is 12.5. The van der Waals surface area contributed by atoms with E-state index in [1.54, 1.807) is 6.08 Å². The van der Waals surface area contributed by atoms with Gasteiger partial charge in [0, 0.05) is 25.7 Å². The average Bonchev–Trinajstić information content (AvgIpc) is 2.38. The number of rotatable bonds is 7. The van der Waals surface area contributed by atoms with Gasteiger partial charge in [0.25, 0.3) is 10.2 Å². The van der Waals surface area contributed by atoms with Gasteiger partial charge in [0.15, 0.2) is 0 Å². The molecule has 0 aliphatic carbocycles. The molecule has 0 aromatic carbocycles. The third kappa shape index (κ3) is 3.54. The highest BCUT2D eigenvalue weighted by molar-refractivity contribution is 7.86. The van der Waals surface area contributed by atoms with Crippen LogP contribution in [0.1, 0.15) is 32.6 Å². The van der Waals surface area contributed by atoms with Crippen molar-refractivity contribution in [3.05, 3.63) is 12.7 Å². The molecule has 0 saturated carbocycles. The van der Waals surface area contributed by atoms with Crippen molar-refractivity contribution in [2.45, 2.75) is 38.6 Å². The van der Waals surface area contributed by atoms with Gasteiger partial charge >= 0.3 is 0 Å². The molecule has 1 N–H and O–H groups in total. The van der Waals surface area contributed by atoms with E-state index in [0.29, 0.717) is 19.6 Å². The maximum Gasteiger partial charge on any atom is 0.282 e. The van der Waals surface area contributed by atoms with E-state index < -0.39 is 10.2 Å². The minimum absolute atomic E-state index is 0.104. The van der Waals surface area contributed by atoms with Crippen LogP contribution >= 0.6 is 0 Å². The van der Waals surface area contributed by atoms with Crippen LogP contribution in [-0.4, -0.2) is 54.4 Å². The molecule has 6 heteroatoms. The number of nitrogens with zero attached hydrogens (tertiary/aromatic N) is 2. The monoisotopic (exact) mass is 276 g/mol. The van der Waals surface area contributed by atoms with Gasteiger partial charge in [0.05, 0.1) is 6.61 Å². The fourth-order valence-corrected chi connectivity index (χ4v) is 4.22. The summed E-state index contributed by atoms with van der Waals surface area (Å²) in [6, 6.07) is -0.270. The molecule has 1 unspecified atom stereocenters. The van der Waals surface area contributed by atoms with Crippen LogP contribution in [0, 0.1) is 0 Å². The van der Waals surface area contributed by atoms with Gasteiger partial charge in [0.2, 0.25) is 0 Å². The standard InChI is InChI=1S/C12H24N2O3S/c1-3-8-13(9-4-2)18(16,17)14-10-6-5-7-12(14)11-15/h3,12,15H,1,4-11H2,2H3. The predicted octanol–water partition coefficient (Wildman–Crippen LogP) is 0.976. The Labute approximate surface area is 110 Å². The van der Waals surface area contributed by atoms with E-state index in [4.69, 9.17) is 0 Å². The van der Waals surface area contributed by atoms with E-state index in [1.807, 2.05) is 6.92 Å². The van der Waals surface area contributed by atoms with E-state index in [9.17, 15) is 13.5 Å². The number of aliphatic hydroxyl groups excluding tert-OH is 1. The minimum Gasteiger partial charge on any atom is -0.395 e. The summed E-state index contributed by atoms with van der Waals surface area (Å²) in [5, 5.41) is 9.32. The lowest BCUT2D eigenvalue weighted by Gasteiger charge is -2.36. The van der Waals surface area contributed by atoms with Crippen LogP contribution in [0.2, 0.25) is 0 Å². The Kier molecular flexibility index (Phi) is 6.28. The second-order valence-corrected chi connectivity index (χ2v) is 6.48. The van der Waals surface area contributed by atoms with Crippen molar-refractivity contribution < 1.29 is 13.5 Å². The summed E-state index contributed by atoms with van der Waals surface area (Å²) in [4.78, 5) is 0. The summed E-state index contributed by atoms with van der Waals surface area (Å²) in [5.41, 5.74) is 0. The highest BCUT2D eigenvalue weighted by atomic mass is 32.2. The van der Waals surface area contributed by atoms with Crippen LogP contribution in [0.5, 0.6) is 0 Å². The molecule has 0 bridgehead atoms. The van der Waals surface area contributed by atoms with Crippen LogP contribution in [-0.2, 0) is 10.2 Å². The van der Waals surface area contributed by atoms with Crippen molar-refractivity contribution in [2.24, 2.45) is 0 Å². The predicted molar refractivity (Wildman–Crippen MR) is 72.4 cm³/mol. The molecule has 0 spiro atoms. The first-order valence-electron chi connectivity index (χ1n) is 6.56. The highest BCUT2D eigenvalue weighted by Gasteiger charge is 2.35. The summed E-state index contributed by atoms with van der Waals surface area (Å²) in [6.45, 7) is 6.77. The summed E-state index contributed by atoms with van der Waals surface area (Å²) < 4.78 is 27.9. The van der Waals surface area contributed by atoms with Gasteiger partial charge in [-0.05, 0) is 19.3 Å². The minimum atomic E-state index is -3.47. The van der Waals surface area contributed by atoms with Gasteiger partial charge in [-0.1, -0.05) is 19.4 Å². The largest absolute Gasteiger partial charge is 0.395 e. The van der Waals surface area contributed by atoms with Crippen LogP contribution in [0.25, 0.3) is 0 Å². The Morgan fingerprint density at radius 3 is 2.78 bits per heavy atom. The lowest BCUT2D eigenvalue weighted by molar-refractivity contribution is 0.148. The normalized spacial score (nSPS) is 22.3. The van der Waals surface area contributed by atoms with Crippen molar-refractivity contribution in [1.82, 2.24) is 8.61 Å². The fourth-order valence-electron chi connectivity index (χ4n) is 2.30. The molecule has 1 heterocycles. The van der Waals surface area contributed by atoms with Crippen LogP contribution in [0.15, 0.2) is 12.7 Å². The van der Waals surface area contributed by atoms with E-state index in [2.05, 4.69) is 6.58 Å². The number of hydrogen-bond donors (Lipinski definition) is 1. The molecule has 0 amide bonds. The molecule has 1 aliphatic rings. The lowest BCUT2D eigenvalue weighted by atomic mass is 10.1. The van der Waals surface area contributed by atoms with Gasteiger partial charge in [-0.3, -0.25) is 0 Å². The van der Waals surface area contributed by atoms with E-state index >= 15 is 0 Å². The van der Waals surface area contributed by atoms with Crippen molar-refractivity contribution in [1.29, 1.82) is 0 Å². The SMILES string of the molecule is C=CCN(CCC)S(=O)(=O)N1CCCCC1CO. The first kappa shape index (κ1) is 15.6. The molecule has 1 rings (SSSR count). The van der Waals surface area contributed by atoms with E-state index in [-0.39, 0.29) is 12.6 Å². The molecular weight excluding hydrogens is 252 g/mol. The molecular formula is C12H24N2O3S. The Balaban J connectivity index is 2.89. The molecule has 18 heavy (non-hydrogen) atoms. The fraction of sp³-hybridized carbons (Fsp3) is 0.833. The molecule has 1 fully saturated rings. The average molecular weight is 276 g/mol. The van der Waals surface area contributed by atoms with Crippen molar-refractivity contribution in [3.8, 4) is 0 Å². The summed E-state index contributed by atoms with van der Waals surface area (Å²) in [5.74, 6) is 0. The maximum absolute atomic E-state index is 12.5. The molecule has 0 aromatic heterocycles. The van der Waals surface area contributed by atoms with Crippen molar-refractivity contribution in [3.63, 3.8) is 0 Å². The van der Waals surface area contributed by atoms with Crippen LogP contribution in [0.4, 0.5) is 0 Å². The number of hydrogen-bond acceptors (Lipinski definition) is 3. The second kappa shape index (κ2) is 7.23. The quantitative estimate of drug-likeness (QED) is 0.705. The Morgan fingerprint density at radius 2 is 2.22 bits per heavy atom. The van der Waals surface area contributed by atoms with Crippen molar-refractivity contribution in [2.75, 3.05) is 26.2 Å². The van der Waals surface area contributed by atoms with Crippen LogP contribution < -0.4 is 0 Å². The van der Waals surface area contributed by atoms with Gasteiger partial charge in [-0.2, -0.15) is 17.0 Å². The Bertz CT molecular complexity index is 356. The van der Waals surface area contributed by atoms with E-state index in [1.165, 1.54) is 8.61 Å². The van der Waals surface area contributed by atoms with Gasteiger partial charge < -0.3 is 5.11 Å². The van der Waals surface area contributed by atoms with Gasteiger partial charge in [-0.15, -0.1) is 6.58 Å². The zero-order valence-electron chi connectivity index (χ0n) is 11.1. The summed E-state index contributed by atoms with van der Waals surface area (Å²) in [7, 11) is -3.47. The van der Waals surface area contributed by atoms with Gasteiger partial charge in [0.1, 0.15) is 0 Å². The zero-order valence-corrected chi connectivity index (χ0v) is 11.9. The first-order valence-corrected chi connectivity index (χ1v) is 7.96. The summed E-state index contributed by atoms with van der Waals surface area (Å²) in [6.07, 6.45) is 4.95. The number of aliphatic hydroxyl groups is 1. The zero-order chi connectivity index (χ0) is 13.6. The molecule has 1 saturated heterocycles. The first-order chi connectivity index (χ1) is 8.57. The highest BCUT2D eigenvalue weighted by Crippen LogP contribution is 2.22. The summed E-state index contributed by atoms with van der Waals surface area (Å²) >= 11 is 0. The molecule has 5 nitrogen and oxygen atoms in total. The molecule has 0 aromatic rings.